The lowest BCUT2D eigenvalue weighted by Gasteiger charge is -2.02. The summed E-state index contributed by atoms with van der Waals surface area (Å²) in [5.74, 6) is -0.508. The first-order valence-corrected chi connectivity index (χ1v) is 4.68. The van der Waals surface area contributed by atoms with Gasteiger partial charge in [-0.1, -0.05) is 15.9 Å². The maximum atomic E-state index is 13.3. The van der Waals surface area contributed by atoms with E-state index in [1.54, 1.807) is 0 Å². The Morgan fingerprint density at radius 1 is 1.62 bits per heavy atom. The number of benzene rings is 1. The summed E-state index contributed by atoms with van der Waals surface area (Å²) in [5, 5.41) is 10.8. The van der Waals surface area contributed by atoms with Gasteiger partial charge in [0.2, 0.25) is 0 Å². The maximum Gasteiger partial charge on any atom is 0.275 e. The van der Waals surface area contributed by atoms with Gasteiger partial charge in [-0.2, -0.15) is 0 Å². The van der Waals surface area contributed by atoms with E-state index in [-0.39, 0.29) is 11.3 Å². The van der Waals surface area contributed by atoms with E-state index < -0.39 is 10.7 Å². The summed E-state index contributed by atoms with van der Waals surface area (Å²) >= 11 is 3.09. The van der Waals surface area contributed by atoms with Crippen LogP contribution < -0.4 is 0 Å². The second-order valence-electron chi connectivity index (χ2n) is 2.57. The van der Waals surface area contributed by atoms with Crippen LogP contribution in [0.3, 0.4) is 0 Å². The van der Waals surface area contributed by atoms with Crippen LogP contribution in [0.4, 0.5) is 10.1 Å². The van der Waals surface area contributed by atoms with Crippen molar-refractivity contribution in [2.24, 2.45) is 0 Å². The van der Waals surface area contributed by atoms with Crippen molar-refractivity contribution in [2.75, 3.05) is 0 Å². The van der Waals surface area contributed by atoms with Crippen LogP contribution in [0.1, 0.15) is 11.1 Å². The van der Waals surface area contributed by atoms with Gasteiger partial charge in [0.05, 0.1) is 10.5 Å². The Morgan fingerprint density at radius 2 is 2.23 bits per heavy atom. The van der Waals surface area contributed by atoms with E-state index in [2.05, 4.69) is 15.9 Å². The van der Waals surface area contributed by atoms with Crippen LogP contribution >= 0.6 is 15.9 Å². The predicted octanol–water partition coefficient (Wildman–Crippen LogP) is 2.94. The second-order valence-corrected chi connectivity index (χ2v) is 3.13. The largest absolute Gasteiger partial charge is 0.275 e. The molecule has 0 aromatic heterocycles. The number of alkyl halides is 1. The maximum absolute atomic E-state index is 13.3. The lowest BCUT2D eigenvalue weighted by molar-refractivity contribution is -0.385. The molecule has 0 aliphatic rings. The molecule has 0 heterocycles. The number of nitro benzene ring substituents is 1. The molecule has 0 saturated heterocycles. The summed E-state index contributed by atoms with van der Waals surface area (Å²) in [7, 11) is 0. The Kier molecular flexibility index (Phi) is 2.98. The Balaban J connectivity index is 3.31. The molecule has 0 bridgehead atoms. The highest BCUT2D eigenvalue weighted by molar-refractivity contribution is 9.08. The van der Waals surface area contributed by atoms with E-state index in [4.69, 9.17) is 0 Å². The van der Waals surface area contributed by atoms with Crippen LogP contribution in [0.15, 0.2) is 12.1 Å². The van der Waals surface area contributed by atoms with Crippen molar-refractivity contribution in [1.82, 2.24) is 0 Å². The number of nitrogens with zero attached hydrogens (tertiary/aromatic N) is 1. The average molecular weight is 248 g/mol. The summed E-state index contributed by atoms with van der Waals surface area (Å²) in [6.45, 7) is 1.40. The van der Waals surface area contributed by atoms with Crippen LogP contribution in [0.5, 0.6) is 0 Å². The van der Waals surface area contributed by atoms with Crippen LogP contribution in [-0.4, -0.2) is 4.92 Å². The van der Waals surface area contributed by atoms with E-state index in [9.17, 15) is 14.5 Å². The molecule has 0 N–H and O–H groups in total. The topological polar surface area (TPSA) is 43.1 Å². The van der Waals surface area contributed by atoms with Gasteiger partial charge in [-0.25, -0.2) is 4.39 Å². The second kappa shape index (κ2) is 3.83. The molecular formula is C8H7BrFNO2. The molecular weight excluding hydrogens is 241 g/mol. The van der Waals surface area contributed by atoms with Gasteiger partial charge in [0.25, 0.3) is 5.69 Å². The molecule has 0 spiro atoms. The molecule has 0 radical (unpaired) electrons. The van der Waals surface area contributed by atoms with Crippen LogP contribution in [0.25, 0.3) is 0 Å². The van der Waals surface area contributed by atoms with Gasteiger partial charge in [-0.15, -0.1) is 0 Å². The first-order chi connectivity index (χ1) is 6.07. The first kappa shape index (κ1) is 10.1. The van der Waals surface area contributed by atoms with Crippen molar-refractivity contribution in [2.45, 2.75) is 12.3 Å². The van der Waals surface area contributed by atoms with Gasteiger partial charge >= 0.3 is 0 Å². The van der Waals surface area contributed by atoms with Crippen molar-refractivity contribution in [3.63, 3.8) is 0 Å². The lowest BCUT2D eigenvalue weighted by Crippen LogP contribution is -1.97. The minimum atomic E-state index is -0.587. The smallest absolute Gasteiger partial charge is 0.258 e. The van der Waals surface area contributed by atoms with Crippen LogP contribution in [0, 0.1) is 22.9 Å². The van der Waals surface area contributed by atoms with Crippen molar-refractivity contribution in [3.8, 4) is 0 Å². The van der Waals surface area contributed by atoms with E-state index in [0.717, 1.165) is 0 Å². The zero-order valence-corrected chi connectivity index (χ0v) is 8.47. The normalized spacial score (nSPS) is 10.1. The molecule has 1 aromatic rings. The standard InChI is InChI=1S/C8H7BrFNO2/c1-5-7(11(12)13)3-2-6(4-9)8(5)10/h2-3H,4H2,1H3. The number of halogens is 2. The highest BCUT2D eigenvalue weighted by atomic mass is 79.9. The third-order valence-corrected chi connectivity index (χ3v) is 2.38. The zero-order chi connectivity index (χ0) is 10.0. The summed E-state index contributed by atoms with van der Waals surface area (Å²) in [4.78, 5) is 9.81. The van der Waals surface area contributed by atoms with Gasteiger partial charge in [-0.3, -0.25) is 10.1 Å². The molecule has 1 rings (SSSR count). The summed E-state index contributed by atoms with van der Waals surface area (Å²) in [6.07, 6.45) is 0. The number of hydrogen-bond donors (Lipinski definition) is 0. The van der Waals surface area contributed by atoms with Crippen molar-refractivity contribution < 1.29 is 9.31 Å². The summed E-state index contributed by atoms with van der Waals surface area (Å²) < 4.78 is 13.3. The van der Waals surface area contributed by atoms with Gasteiger partial charge in [-0.05, 0) is 18.6 Å². The monoisotopic (exact) mass is 247 g/mol. The first-order valence-electron chi connectivity index (χ1n) is 3.56. The fraction of sp³-hybridized carbons (Fsp3) is 0.250. The Morgan fingerprint density at radius 3 is 2.69 bits per heavy atom. The quantitative estimate of drug-likeness (QED) is 0.458. The molecule has 0 atom stereocenters. The molecule has 0 fully saturated rings. The highest BCUT2D eigenvalue weighted by Crippen LogP contribution is 2.24. The molecule has 0 unspecified atom stereocenters. The van der Waals surface area contributed by atoms with Crippen LogP contribution in [0.2, 0.25) is 0 Å². The van der Waals surface area contributed by atoms with Crippen molar-refractivity contribution >= 4 is 21.6 Å². The Bertz CT molecular complexity index is 354. The zero-order valence-electron chi connectivity index (χ0n) is 6.88. The molecule has 13 heavy (non-hydrogen) atoms. The summed E-state index contributed by atoms with van der Waals surface area (Å²) in [6, 6.07) is 2.73. The van der Waals surface area contributed by atoms with Gasteiger partial charge in [0.1, 0.15) is 5.82 Å². The predicted molar refractivity (Wildman–Crippen MR) is 50.4 cm³/mol. The molecule has 5 heteroatoms. The molecule has 0 saturated carbocycles. The third-order valence-electron chi connectivity index (χ3n) is 1.78. The average Bonchev–Trinajstić information content (AvgIpc) is 2.09. The van der Waals surface area contributed by atoms with E-state index in [0.29, 0.717) is 10.9 Å². The number of hydrogen-bond acceptors (Lipinski definition) is 2. The minimum Gasteiger partial charge on any atom is -0.258 e. The molecule has 1 aromatic carbocycles. The molecule has 3 nitrogen and oxygen atoms in total. The fourth-order valence-corrected chi connectivity index (χ4v) is 1.47. The van der Waals surface area contributed by atoms with Crippen LogP contribution in [-0.2, 0) is 5.33 Å². The third kappa shape index (κ3) is 1.85. The number of rotatable bonds is 2. The highest BCUT2D eigenvalue weighted by Gasteiger charge is 2.16. The van der Waals surface area contributed by atoms with E-state index >= 15 is 0 Å². The van der Waals surface area contributed by atoms with Crippen molar-refractivity contribution in [3.05, 3.63) is 39.2 Å². The Hall–Kier alpha value is -0.970. The Labute approximate surface area is 82.8 Å². The SMILES string of the molecule is Cc1c([N+](=O)[O-])ccc(CBr)c1F. The van der Waals surface area contributed by atoms with Crippen molar-refractivity contribution in [1.29, 1.82) is 0 Å². The van der Waals surface area contributed by atoms with Gasteiger partial charge in [0.15, 0.2) is 0 Å². The van der Waals surface area contributed by atoms with E-state index in [1.165, 1.54) is 19.1 Å². The molecule has 70 valence electrons. The van der Waals surface area contributed by atoms with Gasteiger partial charge in [0, 0.05) is 11.4 Å². The molecule has 0 aliphatic carbocycles. The minimum absolute atomic E-state index is 0.0851. The fourth-order valence-electron chi connectivity index (χ4n) is 1.03. The van der Waals surface area contributed by atoms with E-state index in [1.807, 2.05) is 0 Å². The summed E-state index contributed by atoms with van der Waals surface area (Å²) in [5.41, 5.74) is 0.340. The lowest BCUT2D eigenvalue weighted by atomic mass is 10.1. The van der Waals surface area contributed by atoms with Gasteiger partial charge < -0.3 is 0 Å². The molecule has 0 aliphatic heterocycles. The number of nitro groups is 1. The molecule has 0 amide bonds.